The summed E-state index contributed by atoms with van der Waals surface area (Å²) in [5, 5.41) is 7.45. The van der Waals surface area contributed by atoms with Crippen molar-refractivity contribution in [3.63, 3.8) is 0 Å². The summed E-state index contributed by atoms with van der Waals surface area (Å²) < 4.78 is 14.1. The van der Waals surface area contributed by atoms with Crippen LogP contribution in [0.5, 0.6) is 0 Å². The molecule has 1 N–H and O–H groups in total. The maximum absolute atomic E-state index is 14.1. The van der Waals surface area contributed by atoms with E-state index in [-0.39, 0.29) is 17.0 Å². The molecule has 5 rings (SSSR count). The minimum atomic E-state index is -0.477. The van der Waals surface area contributed by atoms with Crippen LogP contribution in [-0.2, 0) is 12.8 Å². The third kappa shape index (κ3) is 3.42. The number of fused-ring (bicyclic) bond motifs is 1. The van der Waals surface area contributed by atoms with Crippen LogP contribution in [0, 0.1) is 5.82 Å². The summed E-state index contributed by atoms with van der Waals surface area (Å²) in [6.07, 6.45) is 9.22. The number of hydrogen-bond donors (Lipinski definition) is 1. The average molecular weight is 411 g/mol. The summed E-state index contributed by atoms with van der Waals surface area (Å²) in [5.41, 5.74) is 3.94. The normalized spacial score (nSPS) is 18.3. The number of nitrogens with zero attached hydrogens (tertiary/aromatic N) is 3. The molecule has 0 aliphatic heterocycles. The highest BCUT2D eigenvalue weighted by molar-refractivity contribution is 6.33. The summed E-state index contributed by atoms with van der Waals surface area (Å²) in [6, 6.07) is 7.51. The highest BCUT2D eigenvalue weighted by Crippen LogP contribution is 2.35. The highest BCUT2D eigenvalue weighted by atomic mass is 35.5. The molecule has 0 saturated heterocycles. The summed E-state index contributed by atoms with van der Waals surface area (Å²) in [7, 11) is 0. The smallest absolute Gasteiger partial charge is 0.254 e. The molecule has 0 radical (unpaired) electrons. The Balaban J connectivity index is 1.40. The first-order valence-electron chi connectivity index (χ1n) is 9.85. The van der Waals surface area contributed by atoms with Crippen molar-refractivity contribution in [3.05, 3.63) is 70.5 Å². The van der Waals surface area contributed by atoms with E-state index in [0.29, 0.717) is 22.7 Å². The number of aryl methyl sites for hydroxylation is 1. The molecule has 1 unspecified atom stereocenters. The number of amides is 1. The van der Waals surface area contributed by atoms with Gasteiger partial charge in [-0.2, -0.15) is 5.10 Å². The zero-order chi connectivity index (χ0) is 20.0. The van der Waals surface area contributed by atoms with Gasteiger partial charge in [0.05, 0.1) is 17.4 Å². The Labute approximate surface area is 172 Å². The maximum Gasteiger partial charge on any atom is 0.254 e. The standard InChI is InChI=1S/C22H20ClFN4O/c23-18-11-25-12-19(24)21(18)13-1-3-14(4-2-13)22(29)28(16-5-6-16)17-7-8-20-15(9-17)10-26-27-20/h1-4,10-12,16-17H,5-9H2,(H,26,27). The number of carbonyl (C=O) groups excluding carboxylic acids is 1. The number of aromatic nitrogens is 3. The summed E-state index contributed by atoms with van der Waals surface area (Å²) >= 11 is 6.11. The van der Waals surface area contributed by atoms with Crippen LogP contribution in [0.4, 0.5) is 4.39 Å². The molecule has 0 spiro atoms. The van der Waals surface area contributed by atoms with Crippen molar-refractivity contribution in [3.8, 4) is 11.1 Å². The lowest BCUT2D eigenvalue weighted by molar-refractivity contribution is 0.0643. The molecule has 2 aliphatic rings. The number of halogens is 2. The molecule has 1 fully saturated rings. The molecule has 29 heavy (non-hydrogen) atoms. The van der Waals surface area contributed by atoms with E-state index >= 15 is 0 Å². The molecule has 148 valence electrons. The number of rotatable bonds is 4. The molecule has 1 amide bonds. The minimum Gasteiger partial charge on any atom is -0.332 e. The van der Waals surface area contributed by atoms with E-state index in [1.165, 1.54) is 17.5 Å². The third-order valence-electron chi connectivity index (χ3n) is 5.83. The van der Waals surface area contributed by atoms with Gasteiger partial charge in [0.1, 0.15) is 0 Å². The van der Waals surface area contributed by atoms with E-state index in [9.17, 15) is 9.18 Å². The Morgan fingerprint density at radius 1 is 1.10 bits per heavy atom. The number of hydrogen-bond acceptors (Lipinski definition) is 3. The van der Waals surface area contributed by atoms with Gasteiger partial charge in [-0.05, 0) is 55.4 Å². The largest absolute Gasteiger partial charge is 0.332 e. The number of pyridine rings is 1. The molecule has 0 bridgehead atoms. The molecule has 3 aromatic rings. The molecule has 5 nitrogen and oxygen atoms in total. The molecule has 7 heteroatoms. The van der Waals surface area contributed by atoms with Crippen molar-refractivity contribution in [2.75, 3.05) is 0 Å². The van der Waals surface area contributed by atoms with Crippen LogP contribution in [0.15, 0.2) is 42.9 Å². The Kier molecular flexibility index (Phi) is 4.59. The third-order valence-corrected chi connectivity index (χ3v) is 6.12. The van der Waals surface area contributed by atoms with E-state index in [0.717, 1.165) is 38.3 Å². The van der Waals surface area contributed by atoms with Crippen LogP contribution in [0.1, 0.15) is 40.9 Å². The van der Waals surface area contributed by atoms with Crippen LogP contribution >= 0.6 is 11.6 Å². The van der Waals surface area contributed by atoms with E-state index in [4.69, 9.17) is 11.6 Å². The van der Waals surface area contributed by atoms with E-state index in [1.54, 1.807) is 24.3 Å². The average Bonchev–Trinajstić information content (AvgIpc) is 3.44. The Bertz CT molecular complexity index is 1040. The summed E-state index contributed by atoms with van der Waals surface area (Å²) in [4.78, 5) is 19.2. The van der Waals surface area contributed by atoms with Crippen molar-refractivity contribution in [1.82, 2.24) is 20.1 Å². The number of H-pyrrole nitrogens is 1. The predicted octanol–water partition coefficient (Wildman–Crippen LogP) is 4.43. The fraction of sp³-hybridized carbons (Fsp3) is 0.318. The molecule has 1 atom stereocenters. The molecule has 2 heterocycles. The zero-order valence-corrected chi connectivity index (χ0v) is 16.5. The van der Waals surface area contributed by atoms with Gasteiger partial charge in [-0.25, -0.2) is 4.39 Å². The van der Waals surface area contributed by atoms with E-state index < -0.39 is 5.82 Å². The number of nitrogens with one attached hydrogen (secondary N) is 1. The zero-order valence-electron chi connectivity index (χ0n) is 15.7. The van der Waals surface area contributed by atoms with Crippen molar-refractivity contribution >= 4 is 17.5 Å². The summed E-state index contributed by atoms with van der Waals surface area (Å²) in [6.45, 7) is 0. The molecule has 1 saturated carbocycles. The van der Waals surface area contributed by atoms with Gasteiger partial charge in [0.25, 0.3) is 5.91 Å². The van der Waals surface area contributed by atoms with Gasteiger partial charge in [-0.15, -0.1) is 0 Å². The van der Waals surface area contributed by atoms with Gasteiger partial charge in [0.2, 0.25) is 0 Å². The number of carbonyl (C=O) groups is 1. The van der Waals surface area contributed by atoms with Crippen molar-refractivity contribution < 1.29 is 9.18 Å². The number of aromatic amines is 1. The first-order chi connectivity index (χ1) is 14.1. The van der Waals surface area contributed by atoms with Crippen LogP contribution in [0.2, 0.25) is 5.02 Å². The Morgan fingerprint density at radius 2 is 1.90 bits per heavy atom. The maximum atomic E-state index is 14.1. The first-order valence-corrected chi connectivity index (χ1v) is 10.2. The number of benzene rings is 1. The monoisotopic (exact) mass is 410 g/mol. The lowest BCUT2D eigenvalue weighted by Crippen LogP contribution is -2.44. The van der Waals surface area contributed by atoms with Crippen LogP contribution in [-0.4, -0.2) is 38.1 Å². The van der Waals surface area contributed by atoms with E-state index in [2.05, 4.69) is 20.1 Å². The van der Waals surface area contributed by atoms with Gasteiger partial charge >= 0.3 is 0 Å². The van der Waals surface area contributed by atoms with E-state index in [1.807, 2.05) is 6.20 Å². The van der Waals surface area contributed by atoms with Gasteiger partial charge in [-0.3, -0.25) is 14.9 Å². The fourth-order valence-corrected chi connectivity index (χ4v) is 4.49. The minimum absolute atomic E-state index is 0.0392. The molecule has 2 aliphatic carbocycles. The van der Waals surface area contributed by atoms with Gasteiger partial charge in [0.15, 0.2) is 5.82 Å². The second kappa shape index (κ2) is 7.26. The Morgan fingerprint density at radius 3 is 2.62 bits per heavy atom. The molecule has 1 aromatic carbocycles. The fourth-order valence-electron chi connectivity index (χ4n) is 4.23. The van der Waals surface area contributed by atoms with Crippen LogP contribution in [0.25, 0.3) is 11.1 Å². The second-order valence-electron chi connectivity index (χ2n) is 7.77. The van der Waals surface area contributed by atoms with Gasteiger partial charge in [-0.1, -0.05) is 23.7 Å². The highest BCUT2D eigenvalue weighted by Gasteiger charge is 2.39. The topological polar surface area (TPSA) is 61.9 Å². The first kappa shape index (κ1) is 18.3. The van der Waals surface area contributed by atoms with Crippen molar-refractivity contribution in [2.45, 2.75) is 44.2 Å². The van der Waals surface area contributed by atoms with Crippen LogP contribution < -0.4 is 0 Å². The quantitative estimate of drug-likeness (QED) is 0.692. The predicted molar refractivity (Wildman–Crippen MR) is 108 cm³/mol. The molecular formula is C22H20ClFN4O. The second-order valence-corrected chi connectivity index (χ2v) is 8.18. The van der Waals surface area contributed by atoms with Gasteiger partial charge < -0.3 is 4.90 Å². The van der Waals surface area contributed by atoms with Gasteiger partial charge in [0, 0.05) is 35.1 Å². The lowest BCUT2D eigenvalue weighted by Gasteiger charge is -2.34. The van der Waals surface area contributed by atoms with Crippen molar-refractivity contribution in [2.24, 2.45) is 0 Å². The van der Waals surface area contributed by atoms with Crippen molar-refractivity contribution in [1.29, 1.82) is 0 Å². The molecule has 2 aromatic heterocycles. The summed E-state index contributed by atoms with van der Waals surface area (Å²) in [5.74, 6) is -0.438. The Hall–Kier alpha value is -2.73. The SMILES string of the molecule is O=C(c1ccc(-c2c(F)cncc2Cl)cc1)N(C1CC1)C1CCc2[nH]ncc2C1. The lowest BCUT2D eigenvalue weighted by atomic mass is 9.91. The van der Waals surface area contributed by atoms with Crippen LogP contribution in [0.3, 0.4) is 0 Å². The molecular weight excluding hydrogens is 391 g/mol.